The van der Waals surface area contributed by atoms with Crippen molar-refractivity contribution in [2.24, 2.45) is 0 Å². The van der Waals surface area contributed by atoms with E-state index >= 15 is 0 Å². The molecule has 100 valence electrons. The van der Waals surface area contributed by atoms with Crippen LogP contribution in [-0.2, 0) is 4.74 Å². The maximum Gasteiger partial charge on any atom is 0.320 e. The van der Waals surface area contributed by atoms with Gasteiger partial charge in [0.15, 0.2) is 0 Å². The zero-order valence-corrected chi connectivity index (χ0v) is 11.3. The van der Waals surface area contributed by atoms with Crippen molar-refractivity contribution in [3.05, 3.63) is 0 Å². The number of hydrogen-bond acceptors (Lipinski definition) is 2. The minimum atomic E-state index is 0.192. The van der Waals surface area contributed by atoms with Gasteiger partial charge in [-0.2, -0.15) is 0 Å². The van der Waals surface area contributed by atoms with Gasteiger partial charge in [-0.3, -0.25) is 0 Å². The van der Waals surface area contributed by atoms with Crippen molar-refractivity contribution < 1.29 is 9.53 Å². The molecule has 0 aromatic rings. The number of amides is 2. The summed E-state index contributed by atoms with van der Waals surface area (Å²) in [5.74, 6) is 0. The van der Waals surface area contributed by atoms with Crippen molar-refractivity contribution in [2.75, 3.05) is 39.4 Å². The Morgan fingerprint density at radius 2 is 1.65 bits per heavy atom. The quantitative estimate of drug-likeness (QED) is 0.581. The van der Waals surface area contributed by atoms with Gasteiger partial charge in [-0.1, -0.05) is 26.7 Å². The van der Waals surface area contributed by atoms with E-state index in [1.165, 1.54) is 0 Å². The number of carbonyl (C=O) groups excluding carboxylic acids is 1. The molecule has 1 rings (SSSR count). The average Bonchev–Trinajstić information content (AvgIpc) is 2.68. The molecule has 0 radical (unpaired) electrons. The lowest BCUT2D eigenvalue weighted by Gasteiger charge is -2.18. The summed E-state index contributed by atoms with van der Waals surface area (Å²) in [5, 5.41) is 0. The lowest BCUT2D eigenvalue weighted by molar-refractivity contribution is 0.111. The molecule has 0 saturated carbocycles. The highest BCUT2D eigenvalue weighted by molar-refractivity contribution is 5.76. The Kier molecular flexibility index (Phi) is 7.01. The molecule has 1 fully saturated rings. The highest BCUT2D eigenvalue weighted by Crippen LogP contribution is 2.09. The van der Waals surface area contributed by atoms with E-state index in [1.807, 2.05) is 9.80 Å². The predicted octanol–water partition coefficient (Wildman–Crippen LogP) is 2.34. The predicted molar refractivity (Wildman–Crippen MR) is 69.2 cm³/mol. The van der Waals surface area contributed by atoms with Crippen LogP contribution in [0.25, 0.3) is 0 Å². The fraction of sp³-hybridized carbons (Fsp3) is 0.923. The molecule has 0 aromatic heterocycles. The standard InChI is InChI=1S/C13H26N2O2/c1-3-5-7-14-8-9-15(13(14)16)10-12-17-11-6-4-2/h3-12H2,1-2H3. The fourth-order valence-electron chi connectivity index (χ4n) is 1.92. The Labute approximate surface area is 105 Å². The molecule has 0 atom stereocenters. The van der Waals surface area contributed by atoms with Crippen molar-refractivity contribution in [3.8, 4) is 0 Å². The van der Waals surface area contributed by atoms with Crippen molar-refractivity contribution in [3.63, 3.8) is 0 Å². The van der Waals surface area contributed by atoms with Gasteiger partial charge in [0.2, 0.25) is 0 Å². The number of ether oxygens (including phenoxy) is 1. The summed E-state index contributed by atoms with van der Waals surface area (Å²) in [4.78, 5) is 15.8. The van der Waals surface area contributed by atoms with Crippen LogP contribution < -0.4 is 0 Å². The van der Waals surface area contributed by atoms with Gasteiger partial charge in [-0.25, -0.2) is 4.79 Å². The van der Waals surface area contributed by atoms with Crippen molar-refractivity contribution in [1.82, 2.24) is 9.80 Å². The minimum absolute atomic E-state index is 0.192. The highest BCUT2D eigenvalue weighted by Gasteiger charge is 2.26. The van der Waals surface area contributed by atoms with Gasteiger partial charge in [-0.15, -0.1) is 0 Å². The normalized spacial score (nSPS) is 16.0. The van der Waals surface area contributed by atoms with E-state index in [9.17, 15) is 4.79 Å². The molecule has 0 N–H and O–H groups in total. The second-order valence-corrected chi connectivity index (χ2v) is 4.58. The second-order valence-electron chi connectivity index (χ2n) is 4.58. The molecule has 17 heavy (non-hydrogen) atoms. The van der Waals surface area contributed by atoms with E-state index in [1.54, 1.807) is 0 Å². The number of hydrogen-bond donors (Lipinski definition) is 0. The maximum atomic E-state index is 11.9. The summed E-state index contributed by atoms with van der Waals surface area (Å²) in [7, 11) is 0. The molecule has 0 bridgehead atoms. The Balaban J connectivity index is 2.12. The minimum Gasteiger partial charge on any atom is -0.380 e. The summed E-state index contributed by atoms with van der Waals surface area (Å²) in [5.41, 5.74) is 0. The van der Waals surface area contributed by atoms with E-state index in [0.29, 0.717) is 6.61 Å². The van der Waals surface area contributed by atoms with Crippen LogP contribution in [0.4, 0.5) is 4.79 Å². The molecule has 0 aliphatic carbocycles. The lowest BCUT2D eigenvalue weighted by Crippen LogP contribution is -2.34. The van der Waals surface area contributed by atoms with Crippen molar-refractivity contribution in [1.29, 1.82) is 0 Å². The molecular weight excluding hydrogens is 216 g/mol. The third-order valence-corrected chi connectivity index (χ3v) is 3.11. The van der Waals surface area contributed by atoms with Crippen LogP contribution in [0.3, 0.4) is 0 Å². The number of rotatable bonds is 9. The Bertz CT molecular complexity index is 221. The lowest BCUT2D eigenvalue weighted by atomic mass is 10.3. The molecule has 1 saturated heterocycles. The smallest absolute Gasteiger partial charge is 0.320 e. The molecule has 1 aliphatic heterocycles. The number of unbranched alkanes of at least 4 members (excludes halogenated alkanes) is 2. The summed E-state index contributed by atoms with van der Waals surface area (Å²) in [6, 6.07) is 0.192. The van der Waals surface area contributed by atoms with Crippen LogP contribution in [0, 0.1) is 0 Å². The first kappa shape index (κ1) is 14.3. The van der Waals surface area contributed by atoms with Crippen molar-refractivity contribution >= 4 is 6.03 Å². The Hall–Kier alpha value is -0.770. The summed E-state index contributed by atoms with van der Waals surface area (Å²) in [6.07, 6.45) is 4.51. The molecule has 2 amide bonds. The van der Waals surface area contributed by atoms with Gasteiger partial charge in [0.25, 0.3) is 0 Å². The fourth-order valence-corrected chi connectivity index (χ4v) is 1.92. The van der Waals surface area contributed by atoms with E-state index in [2.05, 4.69) is 13.8 Å². The first-order valence-electron chi connectivity index (χ1n) is 6.91. The average molecular weight is 242 g/mol. The van der Waals surface area contributed by atoms with Gasteiger partial charge in [0, 0.05) is 32.8 Å². The molecule has 4 nitrogen and oxygen atoms in total. The van der Waals surface area contributed by atoms with Gasteiger partial charge in [-0.05, 0) is 12.8 Å². The van der Waals surface area contributed by atoms with E-state index in [4.69, 9.17) is 4.74 Å². The monoisotopic (exact) mass is 242 g/mol. The largest absolute Gasteiger partial charge is 0.380 e. The van der Waals surface area contributed by atoms with Crippen LogP contribution in [-0.4, -0.2) is 55.2 Å². The zero-order valence-electron chi connectivity index (χ0n) is 11.3. The van der Waals surface area contributed by atoms with E-state index in [0.717, 1.165) is 58.5 Å². The first-order valence-corrected chi connectivity index (χ1v) is 6.91. The molecule has 1 heterocycles. The SMILES string of the molecule is CCCCOCCN1CCN(CCCC)C1=O. The molecule has 4 heteroatoms. The summed E-state index contributed by atoms with van der Waals surface area (Å²) in [6.45, 7) is 9.19. The van der Waals surface area contributed by atoms with E-state index < -0.39 is 0 Å². The molecular formula is C13H26N2O2. The third kappa shape index (κ3) is 4.94. The Morgan fingerprint density at radius 3 is 2.29 bits per heavy atom. The van der Waals surface area contributed by atoms with Crippen molar-refractivity contribution in [2.45, 2.75) is 39.5 Å². The van der Waals surface area contributed by atoms with Gasteiger partial charge >= 0.3 is 6.03 Å². The number of urea groups is 1. The van der Waals surface area contributed by atoms with Crippen LogP contribution in [0.5, 0.6) is 0 Å². The van der Waals surface area contributed by atoms with Crippen LogP contribution in [0.2, 0.25) is 0 Å². The third-order valence-electron chi connectivity index (χ3n) is 3.11. The van der Waals surface area contributed by atoms with Crippen LogP contribution in [0.1, 0.15) is 39.5 Å². The van der Waals surface area contributed by atoms with E-state index in [-0.39, 0.29) is 6.03 Å². The molecule has 0 spiro atoms. The van der Waals surface area contributed by atoms with Gasteiger partial charge < -0.3 is 14.5 Å². The zero-order chi connectivity index (χ0) is 12.5. The first-order chi connectivity index (χ1) is 8.29. The molecule has 0 unspecified atom stereocenters. The number of nitrogens with zero attached hydrogens (tertiary/aromatic N) is 2. The topological polar surface area (TPSA) is 32.8 Å². The Morgan fingerprint density at radius 1 is 1.00 bits per heavy atom. The van der Waals surface area contributed by atoms with Gasteiger partial charge in [0.1, 0.15) is 0 Å². The second kappa shape index (κ2) is 8.34. The molecule has 1 aliphatic rings. The maximum absolute atomic E-state index is 11.9. The highest BCUT2D eigenvalue weighted by atomic mass is 16.5. The number of carbonyl (C=O) groups is 1. The summed E-state index contributed by atoms with van der Waals surface area (Å²) >= 11 is 0. The molecule has 0 aromatic carbocycles. The summed E-state index contributed by atoms with van der Waals surface area (Å²) < 4.78 is 5.49. The van der Waals surface area contributed by atoms with Crippen LogP contribution >= 0.6 is 0 Å². The van der Waals surface area contributed by atoms with Crippen LogP contribution in [0.15, 0.2) is 0 Å². The van der Waals surface area contributed by atoms with Gasteiger partial charge in [0.05, 0.1) is 6.61 Å².